The number of thioether (sulfide) groups is 1. The molecule has 0 saturated heterocycles. The third-order valence-electron chi connectivity index (χ3n) is 2.37. The highest BCUT2D eigenvalue weighted by Crippen LogP contribution is 2.27. The van der Waals surface area contributed by atoms with Crippen molar-refractivity contribution in [2.24, 2.45) is 0 Å². The molecule has 1 amide bonds. The summed E-state index contributed by atoms with van der Waals surface area (Å²) in [4.78, 5) is 13.6. The van der Waals surface area contributed by atoms with Crippen molar-refractivity contribution < 1.29 is 9.18 Å². The lowest BCUT2D eigenvalue weighted by molar-refractivity contribution is -0.113. The van der Waals surface area contributed by atoms with Crippen LogP contribution in [0.3, 0.4) is 0 Å². The second-order valence-electron chi connectivity index (χ2n) is 4.32. The average Bonchev–Trinajstić information content (AvgIpc) is 2.90. The number of amides is 1. The monoisotopic (exact) mass is 327 g/mol. The van der Waals surface area contributed by atoms with E-state index in [-0.39, 0.29) is 17.3 Å². The Balaban J connectivity index is 1.91. The summed E-state index contributed by atoms with van der Waals surface area (Å²) in [6, 6.07) is 4.03. The van der Waals surface area contributed by atoms with Crippen molar-refractivity contribution >= 4 is 45.5 Å². The average molecular weight is 327 g/mol. The van der Waals surface area contributed by atoms with Gasteiger partial charge in [0.05, 0.1) is 11.4 Å². The minimum Gasteiger partial charge on any atom is -0.399 e. The number of carbonyl (C=O) groups excluding carboxylic acids is 1. The van der Waals surface area contributed by atoms with E-state index in [0.717, 1.165) is 5.13 Å². The zero-order chi connectivity index (χ0) is 15.4. The van der Waals surface area contributed by atoms with Crippen molar-refractivity contribution in [3.05, 3.63) is 24.0 Å². The number of rotatable bonds is 5. The number of nitrogen functional groups attached to an aromatic ring is 1. The third kappa shape index (κ3) is 4.30. The number of nitrogens with zero attached hydrogens (tertiary/aromatic N) is 3. The minimum atomic E-state index is -0.520. The summed E-state index contributed by atoms with van der Waals surface area (Å²) in [6.45, 7) is 0. The fraction of sp³-hybridized carbons (Fsp3) is 0.250. The molecule has 0 fully saturated rings. The molecule has 0 aliphatic rings. The lowest BCUT2D eigenvalue weighted by Gasteiger charge is -2.06. The summed E-state index contributed by atoms with van der Waals surface area (Å²) < 4.78 is 14.2. The SMILES string of the molecule is CN(C)c1nnc(SCC(=O)Nc2cc(N)ccc2F)s1. The standard InChI is InChI=1S/C12H14FN5OS2/c1-18(2)11-16-17-12(21-11)20-6-10(19)15-9-5-7(14)3-4-8(9)13/h3-5H,6,14H2,1-2H3,(H,15,19). The second-order valence-corrected chi connectivity index (χ2v) is 6.50. The number of nitrogens with two attached hydrogens (primary N) is 1. The molecule has 112 valence electrons. The first-order valence-corrected chi connectivity index (χ1v) is 7.74. The Labute approximate surface area is 129 Å². The van der Waals surface area contributed by atoms with E-state index in [1.807, 2.05) is 19.0 Å². The van der Waals surface area contributed by atoms with Gasteiger partial charge in [0.2, 0.25) is 11.0 Å². The molecule has 0 aliphatic heterocycles. The molecule has 9 heteroatoms. The van der Waals surface area contributed by atoms with Crippen LogP contribution < -0.4 is 16.0 Å². The number of anilines is 3. The smallest absolute Gasteiger partial charge is 0.234 e. The van der Waals surface area contributed by atoms with Crippen molar-refractivity contribution in [1.29, 1.82) is 0 Å². The molecule has 0 aliphatic carbocycles. The molecule has 0 unspecified atom stereocenters. The molecule has 21 heavy (non-hydrogen) atoms. The molecule has 0 radical (unpaired) electrons. The lowest BCUT2D eigenvalue weighted by atomic mass is 10.2. The van der Waals surface area contributed by atoms with Crippen molar-refractivity contribution in [1.82, 2.24) is 10.2 Å². The summed E-state index contributed by atoms with van der Waals surface area (Å²) >= 11 is 2.64. The molecule has 1 aromatic carbocycles. The van der Waals surface area contributed by atoms with Gasteiger partial charge in [0.15, 0.2) is 4.34 Å². The Hall–Kier alpha value is -1.87. The van der Waals surface area contributed by atoms with E-state index < -0.39 is 5.82 Å². The summed E-state index contributed by atoms with van der Waals surface area (Å²) in [5.41, 5.74) is 6.02. The maximum atomic E-state index is 13.5. The van der Waals surface area contributed by atoms with Crippen LogP contribution in [0.4, 0.5) is 20.9 Å². The molecule has 6 nitrogen and oxygen atoms in total. The quantitative estimate of drug-likeness (QED) is 0.646. The second kappa shape index (κ2) is 6.72. The normalized spacial score (nSPS) is 10.4. The van der Waals surface area contributed by atoms with Crippen LogP contribution in [0.15, 0.2) is 22.5 Å². The van der Waals surface area contributed by atoms with Gasteiger partial charge in [-0.05, 0) is 18.2 Å². The molecule has 1 aromatic heterocycles. The molecule has 3 N–H and O–H groups in total. The first kappa shape index (κ1) is 15.5. The summed E-state index contributed by atoms with van der Waals surface area (Å²) in [5, 5.41) is 11.2. The van der Waals surface area contributed by atoms with E-state index in [9.17, 15) is 9.18 Å². The third-order valence-corrected chi connectivity index (χ3v) is 4.59. The number of hydrogen-bond acceptors (Lipinski definition) is 7. The maximum Gasteiger partial charge on any atom is 0.234 e. The van der Waals surface area contributed by atoms with Gasteiger partial charge in [-0.3, -0.25) is 4.79 Å². The van der Waals surface area contributed by atoms with Gasteiger partial charge >= 0.3 is 0 Å². The lowest BCUT2D eigenvalue weighted by Crippen LogP contribution is -2.15. The van der Waals surface area contributed by atoms with Crippen molar-refractivity contribution in [2.45, 2.75) is 4.34 Å². The number of carbonyl (C=O) groups is 1. The minimum absolute atomic E-state index is 0.0758. The number of hydrogen-bond donors (Lipinski definition) is 2. The van der Waals surface area contributed by atoms with E-state index in [1.165, 1.54) is 41.3 Å². The highest BCUT2D eigenvalue weighted by Gasteiger charge is 2.11. The topological polar surface area (TPSA) is 84.1 Å². The predicted octanol–water partition coefficient (Wildman–Crippen LogP) is 2.06. The molecule has 1 heterocycles. The summed E-state index contributed by atoms with van der Waals surface area (Å²) in [5.74, 6) is -0.726. The first-order valence-electron chi connectivity index (χ1n) is 5.94. The molecule has 0 atom stereocenters. The number of halogens is 1. The fourth-order valence-electron chi connectivity index (χ4n) is 1.39. The highest BCUT2D eigenvalue weighted by atomic mass is 32.2. The van der Waals surface area contributed by atoms with E-state index in [4.69, 9.17) is 5.73 Å². The van der Waals surface area contributed by atoms with Crippen LogP contribution >= 0.6 is 23.1 Å². The molecule has 0 bridgehead atoms. The molecule has 0 saturated carbocycles. The molecule has 2 aromatic rings. The van der Waals surface area contributed by atoms with Crippen LogP contribution in [0.25, 0.3) is 0 Å². The van der Waals surface area contributed by atoms with Gasteiger partial charge in [-0.15, -0.1) is 10.2 Å². The van der Waals surface area contributed by atoms with Gasteiger partial charge in [-0.2, -0.15) is 0 Å². The van der Waals surface area contributed by atoms with Gasteiger partial charge in [0, 0.05) is 19.8 Å². The zero-order valence-corrected chi connectivity index (χ0v) is 13.1. The number of nitrogens with one attached hydrogen (secondary N) is 1. The van der Waals surface area contributed by atoms with Crippen molar-refractivity contribution in [3.8, 4) is 0 Å². The van der Waals surface area contributed by atoms with Crippen LogP contribution in [0.1, 0.15) is 0 Å². The van der Waals surface area contributed by atoms with Crippen LogP contribution in [0.5, 0.6) is 0 Å². The number of benzene rings is 1. The van der Waals surface area contributed by atoms with Gasteiger partial charge in [0.25, 0.3) is 0 Å². The predicted molar refractivity (Wildman–Crippen MR) is 84.4 cm³/mol. The Morgan fingerprint density at radius 3 is 2.90 bits per heavy atom. The molecule has 0 spiro atoms. The highest BCUT2D eigenvalue weighted by molar-refractivity contribution is 8.01. The maximum absolute atomic E-state index is 13.5. The molecule has 2 rings (SSSR count). The number of aromatic nitrogens is 2. The van der Waals surface area contributed by atoms with E-state index >= 15 is 0 Å². The Morgan fingerprint density at radius 2 is 2.24 bits per heavy atom. The van der Waals surface area contributed by atoms with Crippen LogP contribution in [-0.4, -0.2) is 36.0 Å². The van der Waals surface area contributed by atoms with Crippen LogP contribution in [0, 0.1) is 5.82 Å². The van der Waals surface area contributed by atoms with Crippen LogP contribution in [0.2, 0.25) is 0 Å². The van der Waals surface area contributed by atoms with Crippen molar-refractivity contribution in [3.63, 3.8) is 0 Å². The van der Waals surface area contributed by atoms with Gasteiger partial charge in [-0.25, -0.2) is 4.39 Å². The Morgan fingerprint density at radius 1 is 1.48 bits per heavy atom. The van der Waals surface area contributed by atoms with E-state index in [1.54, 1.807) is 0 Å². The summed E-state index contributed by atoms with van der Waals surface area (Å²) in [7, 11) is 3.73. The van der Waals surface area contributed by atoms with Crippen LogP contribution in [-0.2, 0) is 4.79 Å². The zero-order valence-electron chi connectivity index (χ0n) is 11.5. The summed E-state index contributed by atoms with van der Waals surface area (Å²) in [6.07, 6.45) is 0. The molecular weight excluding hydrogens is 313 g/mol. The van der Waals surface area contributed by atoms with Gasteiger partial charge < -0.3 is 16.0 Å². The molecular formula is C12H14FN5OS2. The van der Waals surface area contributed by atoms with E-state index in [0.29, 0.717) is 10.0 Å². The first-order chi connectivity index (χ1) is 9.95. The Bertz CT molecular complexity index is 646. The van der Waals surface area contributed by atoms with Crippen molar-refractivity contribution in [2.75, 3.05) is 35.8 Å². The Kier molecular flexibility index (Phi) is 4.97. The fourth-order valence-corrected chi connectivity index (χ4v) is 2.96. The van der Waals surface area contributed by atoms with Gasteiger partial charge in [-0.1, -0.05) is 23.1 Å². The largest absolute Gasteiger partial charge is 0.399 e. The van der Waals surface area contributed by atoms with Gasteiger partial charge in [0.1, 0.15) is 5.82 Å². The van der Waals surface area contributed by atoms with E-state index in [2.05, 4.69) is 15.5 Å².